The fraction of sp³-hybridized carbons (Fsp3) is 0.800. The van der Waals surface area contributed by atoms with Crippen LogP contribution in [0.25, 0.3) is 0 Å². The van der Waals surface area contributed by atoms with Crippen LogP contribution in [0.1, 0.15) is 33.1 Å². The largest absolute Gasteiger partial charge is 0.303 e. The Bertz CT molecular complexity index is 297. The summed E-state index contributed by atoms with van der Waals surface area (Å²) < 4.78 is -0.391. The molecule has 2 aliphatic rings. The number of rotatable bonds is 1. The van der Waals surface area contributed by atoms with Crippen molar-refractivity contribution in [2.45, 2.75) is 37.4 Å². The van der Waals surface area contributed by atoms with E-state index >= 15 is 0 Å². The van der Waals surface area contributed by atoms with Crippen LogP contribution in [0.5, 0.6) is 0 Å². The Morgan fingerprint density at radius 1 is 1.38 bits per heavy atom. The summed E-state index contributed by atoms with van der Waals surface area (Å²) in [5.41, 5.74) is -0.871. The lowest BCUT2D eigenvalue weighted by Gasteiger charge is -2.36. The van der Waals surface area contributed by atoms with Gasteiger partial charge in [-0.1, -0.05) is 29.8 Å². The number of halogens is 1. The van der Waals surface area contributed by atoms with Crippen LogP contribution in [0.2, 0.25) is 0 Å². The monoisotopic (exact) mass is 244 g/mol. The lowest BCUT2D eigenvalue weighted by Crippen LogP contribution is -2.43. The van der Waals surface area contributed by atoms with Crippen molar-refractivity contribution in [1.29, 1.82) is 0 Å². The Morgan fingerprint density at radius 3 is 2.31 bits per heavy atom. The third kappa shape index (κ3) is 0.841. The summed E-state index contributed by atoms with van der Waals surface area (Å²) in [5.74, 6) is 0.207. The standard InChI is InChI=1S/C10H13BrO2/c1-8(2)7(13)10(11)4-3-9(8,5-10)6-12/h6H,3-5H2,1-2H3/t9-,10-/m0/s1. The van der Waals surface area contributed by atoms with Gasteiger partial charge in [-0.05, 0) is 19.3 Å². The van der Waals surface area contributed by atoms with E-state index in [1.54, 1.807) is 0 Å². The highest BCUT2D eigenvalue weighted by Gasteiger charge is 2.69. The van der Waals surface area contributed by atoms with Crippen LogP contribution in [0.15, 0.2) is 0 Å². The van der Waals surface area contributed by atoms with Gasteiger partial charge < -0.3 is 4.79 Å². The van der Waals surface area contributed by atoms with Gasteiger partial charge in [0.05, 0.1) is 4.32 Å². The zero-order chi connectivity index (χ0) is 9.91. The molecule has 0 unspecified atom stereocenters. The number of ketones is 1. The molecule has 0 radical (unpaired) electrons. The molecule has 72 valence electrons. The van der Waals surface area contributed by atoms with E-state index in [-0.39, 0.29) is 5.78 Å². The predicted octanol–water partition coefficient (Wildman–Crippen LogP) is 2.10. The van der Waals surface area contributed by atoms with E-state index < -0.39 is 15.2 Å². The van der Waals surface area contributed by atoms with Crippen LogP contribution in [-0.2, 0) is 9.59 Å². The van der Waals surface area contributed by atoms with Crippen molar-refractivity contribution in [3.8, 4) is 0 Å². The summed E-state index contributed by atoms with van der Waals surface area (Å²) in [6.45, 7) is 3.79. The SMILES string of the molecule is CC1(C)C(=O)[C@]2(Br)CC[C@@]1(C=O)C2. The highest BCUT2D eigenvalue weighted by Crippen LogP contribution is 2.65. The van der Waals surface area contributed by atoms with Gasteiger partial charge in [-0.15, -0.1) is 0 Å². The van der Waals surface area contributed by atoms with E-state index in [1.165, 1.54) is 0 Å². The molecule has 0 aromatic carbocycles. The van der Waals surface area contributed by atoms with Gasteiger partial charge in [0.25, 0.3) is 0 Å². The van der Waals surface area contributed by atoms with Crippen LogP contribution in [0, 0.1) is 10.8 Å². The first-order valence-electron chi connectivity index (χ1n) is 4.58. The summed E-state index contributed by atoms with van der Waals surface area (Å²) >= 11 is 3.50. The van der Waals surface area contributed by atoms with Crippen molar-refractivity contribution in [2.75, 3.05) is 0 Å². The second kappa shape index (κ2) is 2.25. The molecule has 0 aromatic heterocycles. The lowest BCUT2D eigenvalue weighted by atomic mass is 9.65. The summed E-state index contributed by atoms with van der Waals surface area (Å²) in [5, 5.41) is 0. The van der Waals surface area contributed by atoms with Gasteiger partial charge in [-0.3, -0.25) is 4.79 Å². The highest BCUT2D eigenvalue weighted by molar-refractivity contribution is 9.10. The molecule has 2 atom stereocenters. The summed E-state index contributed by atoms with van der Waals surface area (Å²) in [6, 6.07) is 0. The molecule has 0 N–H and O–H groups in total. The van der Waals surface area contributed by atoms with E-state index in [2.05, 4.69) is 15.9 Å². The molecule has 0 aromatic rings. The summed E-state index contributed by atoms with van der Waals surface area (Å²) in [4.78, 5) is 23.1. The zero-order valence-electron chi connectivity index (χ0n) is 7.89. The molecule has 2 fully saturated rings. The molecule has 2 rings (SSSR count). The first-order valence-corrected chi connectivity index (χ1v) is 5.37. The molecule has 0 amide bonds. The molecular weight excluding hydrogens is 232 g/mol. The van der Waals surface area contributed by atoms with Crippen molar-refractivity contribution >= 4 is 28.0 Å². The van der Waals surface area contributed by atoms with E-state index in [4.69, 9.17) is 0 Å². The molecule has 0 saturated heterocycles. The van der Waals surface area contributed by atoms with E-state index in [1.807, 2.05) is 13.8 Å². The van der Waals surface area contributed by atoms with Crippen LogP contribution < -0.4 is 0 Å². The van der Waals surface area contributed by atoms with Crippen LogP contribution in [0.4, 0.5) is 0 Å². The summed E-state index contributed by atoms with van der Waals surface area (Å²) in [7, 11) is 0. The fourth-order valence-electron chi connectivity index (χ4n) is 2.86. The predicted molar refractivity (Wildman–Crippen MR) is 52.8 cm³/mol. The van der Waals surface area contributed by atoms with Gasteiger partial charge in [0.15, 0.2) is 5.78 Å². The number of carbonyl (C=O) groups is 2. The molecule has 2 aliphatic carbocycles. The average Bonchev–Trinajstić information content (AvgIpc) is 2.49. The minimum absolute atomic E-state index is 0.207. The molecule has 2 saturated carbocycles. The molecular formula is C10H13BrO2. The maximum Gasteiger partial charge on any atom is 0.156 e. The third-order valence-electron chi connectivity index (χ3n) is 4.01. The normalized spacial score (nSPS) is 46.8. The average molecular weight is 245 g/mol. The number of Topliss-reactive ketones (excluding diaryl/α,β-unsaturated/α-hetero) is 1. The molecule has 0 aliphatic heterocycles. The van der Waals surface area contributed by atoms with Gasteiger partial charge in [0.1, 0.15) is 6.29 Å². The Labute approximate surface area is 86.2 Å². The zero-order valence-corrected chi connectivity index (χ0v) is 9.48. The van der Waals surface area contributed by atoms with Crippen LogP contribution in [0.3, 0.4) is 0 Å². The minimum atomic E-state index is -0.476. The van der Waals surface area contributed by atoms with Gasteiger partial charge >= 0.3 is 0 Å². The second-order valence-corrected chi connectivity index (χ2v) is 6.39. The van der Waals surface area contributed by atoms with E-state index in [0.717, 1.165) is 19.1 Å². The minimum Gasteiger partial charge on any atom is -0.303 e. The maximum atomic E-state index is 12.0. The van der Waals surface area contributed by atoms with E-state index in [9.17, 15) is 9.59 Å². The molecule has 3 heteroatoms. The third-order valence-corrected chi connectivity index (χ3v) is 5.04. The molecule has 2 bridgehead atoms. The Kier molecular flexibility index (Phi) is 1.62. The highest BCUT2D eigenvalue weighted by atomic mass is 79.9. The van der Waals surface area contributed by atoms with Gasteiger partial charge in [-0.2, -0.15) is 0 Å². The molecule has 2 nitrogen and oxygen atoms in total. The van der Waals surface area contributed by atoms with Gasteiger partial charge in [0, 0.05) is 10.8 Å². The number of hydrogen-bond acceptors (Lipinski definition) is 2. The number of hydrogen-bond donors (Lipinski definition) is 0. The number of carbonyl (C=O) groups excluding carboxylic acids is 2. The quantitative estimate of drug-likeness (QED) is 0.523. The first-order chi connectivity index (χ1) is 5.88. The Balaban J connectivity index is 2.55. The van der Waals surface area contributed by atoms with Crippen molar-refractivity contribution in [3.63, 3.8) is 0 Å². The molecule has 0 heterocycles. The number of alkyl halides is 1. The van der Waals surface area contributed by atoms with Gasteiger partial charge in [-0.25, -0.2) is 0 Å². The number of aldehydes is 1. The Hall–Kier alpha value is -0.180. The van der Waals surface area contributed by atoms with Crippen molar-refractivity contribution in [3.05, 3.63) is 0 Å². The van der Waals surface area contributed by atoms with Crippen molar-refractivity contribution in [2.24, 2.45) is 10.8 Å². The van der Waals surface area contributed by atoms with Crippen molar-refractivity contribution < 1.29 is 9.59 Å². The topological polar surface area (TPSA) is 34.1 Å². The smallest absolute Gasteiger partial charge is 0.156 e. The second-order valence-electron chi connectivity index (χ2n) is 4.87. The van der Waals surface area contributed by atoms with Crippen molar-refractivity contribution in [1.82, 2.24) is 0 Å². The summed E-state index contributed by atoms with van der Waals surface area (Å²) in [6.07, 6.45) is 3.35. The molecule has 0 spiro atoms. The Morgan fingerprint density at radius 2 is 2.00 bits per heavy atom. The van der Waals surface area contributed by atoms with Crippen LogP contribution in [-0.4, -0.2) is 16.4 Å². The van der Waals surface area contributed by atoms with Crippen LogP contribution >= 0.6 is 15.9 Å². The fourth-order valence-corrected chi connectivity index (χ4v) is 4.05. The van der Waals surface area contributed by atoms with Gasteiger partial charge in [0.2, 0.25) is 0 Å². The number of fused-ring (bicyclic) bond motifs is 2. The maximum absolute atomic E-state index is 12.0. The molecule has 13 heavy (non-hydrogen) atoms. The van der Waals surface area contributed by atoms with E-state index in [0.29, 0.717) is 6.42 Å². The lowest BCUT2D eigenvalue weighted by molar-refractivity contribution is -0.136. The first kappa shape index (κ1) is 9.38.